The first-order chi connectivity index (χ1) is 16.0. The van der Waals surface area contributed by atoms with Crippen LogP contribution in [0.3, 0.4) is 0 Å². The number of ether oxygens (including phenoxy) is 1. The first-order valence-corrected chi connectivity index (χ1v) is 11.5. The van der Waals surface area contributed by atoms with Gasteiger partial charge in [-0.2, -0.15) is 0 Å². The minimum absolute atomic E-state index is 0.000970. The minimum Gasteiger partial charge on any atom is -0.497 e. The third kappa shape index (κ3) is 5.03. The molecule has 0 saturated carbocycles. The van der Waals surface area contributed by atoms with E-state index in [9.17, 15) is 9.59 Å². The molecule has 7 heteroatoms. The average molecular weight is 449 g/mol. The van der Waals surface area contributed by atoms with E-state index in [0.29, 0.717) is 19.6 Å². The van der Waals surface area contributed by atoms with E-state index in [1.54, 1.807) is 7.11 Å². The number of benzene rings is 2. The normalized spacial score (nSPS) is 17.7. The van der Waals surface area contributed by atoms with Crippen LogP contribution in [0.15, 0.2) is 54.7 Å². The fraction of sp³-hybridized carbons (Fsp3) is 0.385. The highest BCUT2D eigenvalue weighted by Crippen LogP contribution is 2.31. The van der Waals surface area contributed by atoms with Crippen LogP contribution < -0.4 is 15.4 Å². The van der Waals surface area contributed by atoms with E-state index >= 15 is 0 Å². The lowest BCUT2D eigenvalue weighted by molar-refractivity contribution is -0.133. The number of hydrogen-bond donors (Lipinski definition) is 3. The van der Waals surface area contributed by atoms with Gasteiger partial charge in [0.1, 0.15) is 5.75 Å². The number of methoxy groups -OCH3 is 1. The molecule has 7 nitrogen and oxygen atoms in total. The van der Waals surface area contributed by atoms with Gasteiger partial charge in [0.05, 0.1) is 19.7 Å². The Kier molecular flexibility index (Phi) is 6.99. The Morgan fingerprint density at radius 1 is 1.18 bits per heavy atom. The number of aromatic amines is 1. The number of nitrogens with zero attached hydrogens (tertiary/aromatic N) is 1. The zero-order valence-corrected chi connectivity index (χ0v) is 19.4. The Labute approximate surface area is 194 Å². The van der Waals surface area contributed by atoms with Crippen LogP contribution in [0.1, 0.15) is 30.9 Å². The van der Waals surface area contributed by atoms with Gasteiger partial charge in [0.25, 0.3) is 0 Å². The molecule has 2 heterocycles. The third-order valence-electron chi connectivity index (χ3n) is 6.36. The molecule has 2 atom stereocenters. The van der Waals surface area contributed by atoms with E-state index in [-0.39, 0.29) is 36.2 Å². The van der Waals surface area contributed by atoms with Crippen molar-refractivity contribution < 1.29 is 14.3 Å². The molecule has 1 aliphatic heterocycles. The van der Waals surface area contributed by atoms with Crippen molar-refractivity contribution in [3.05, 3.63) is 65.9 Å². The molecule has 0 radical (unpaired) electrons. The second-order valence-electron chi connectivity index (χ2n) is 8.87. The quantitative estimate of drug-likeness (QED) is 0.495. The first kappa shape index (κ1) is 22.9. The van der Waals surface area contributed by atoms with E-state index in [0.717, 1.165) is 27.8 Å². The molecule has 0 aliphatic carbocycles. The summed E-state index contributed by atoms with van der Waals surface area (Å²) in [5, 5.41) is 7.17. The summed E-state index contributed by atoms with van der Waals surface area (Å²) in [6, 6.07) is 15.9. The Balaban J connectivity index is 1.53. The number of aromatic nitrogens is 1. The monoisotopic (exact) mass is 448 g/mol. The molecule has 2 unspecified atom stereocenters. The van der Waals surface area contributed by atoms with Crippen molar-refractivity contribution in [2.75, 3.05) is 33.3 Å². The largest absolute Gasteiger partial charge is 0.497 e. The van der Waals surface area contributed by atoms with Gasteiger partial charge in [0, 0.05) is 42.7 Å². The summed E-state index contributed by atoms with van der Waals surface area (Å²) in [6.45, 7) is 5.93. The van der Waals surface area contributed by atoms with Crippen LogP contribution in [0.4, 0.5) is 0 Å². The smallest absolute Gasteiger partial charge is 0.237 e. The Morgan fingerprint density at radius 3 is 2.67 bits per heavy atom. The number of hydrogen-bond acceptors (Lipinski definition) is 4. The number of piperazine rings is 1. The fourth-order valence-corrected chi connectivity index (χ4v) is 4.72. The summed E-state index contributed by atoms with van der Waals surface area (Å²) < 4.78 is 5.32. The molecule has 2 amide bonds. The maximum Gasteiger partial charge on any atom is 0.237 e. The van der Waals surface area contributed by atoms with Crippen molar-refractivity contribution in [3.63, 3.8) is 0 Å². The molecule has 3 N–H and O–H groups in total. The van der Waals surface area contributed by atoms with Crippen LogP contribution in [0, 0.1) is 5.92 Å². The Morgan fingerprint density at radius 2 is 1.94 bits per heavy atom. The summed E-state index contributed by atoms with van der Waals surface area (Å²) in [5.74, 6) is 0.828. The molecule has 4 rings (SSSR count). The topological polar surface area (TPSA) is 86.5 Å². The lowest BCUT2D eigenvalue weighted by Crippen LogP contribution is -2.59. The van der Waals surface area contributed by atoms with Gasteiger partial charge in [-0.15, -0.1) is 0 Å². The van der Waals surface area contributed by atoms with Crippen molar-refractivity contribution in [1.82, 2.24) is 20.5 Å². The summed E-state index contributed by atoms with van der Waals surface area (Å²) >= 11 is 0. The number of nitrogens with one attached hydrogen (secondary N) is 3. The minimum atomic E-state index is -0.282. The molecular weight excluding hydrogens is 416 g/mol. The number of H-pyrrole nitrogens is 1. The highest BCUT2D eigenvalue weighted by molar-refractivity contribution is 5.85. The van der Waals surface area contributed by atoms with E-state index in [1.165, 1.54) is 0 Å². The summed E-state index contributed by atoms with van der Waals surface area (Å²) in [7, 11) is 1.65. The van der Waals surface area contributed by atoms with E-state index < -0.39 is 0 Å². The highest BCUT2D eigenvalue weighted by Gasteiger charge is 2.33. The van der Waals surface area contributed by atoms with E-state index in [4.69, 9.17) is 4.74 Å². The lowest BCUT2D eigenvalue weighted by atomic mass is 9.90. The van der Waals surface area contributed by atoms with Crippen LogP contribution in [0.5, 0.6) is 5.75 Å². The van der Waals surface area contributed by atoms with Crippen LogP contribution in [0.25, 0.3) is 10.9 Å². The predicted molar refractivity (Wildman–Crippen MR) is 129 cm³/mol. The zero-order chi connectivity index (χ0) is 23.4. The number of carbonyl (C=O) groups is 2. The third-order valence-corrected chi connectivity index (χ3v) is 6.36. The van der Waals surface area contributed by atoms with E-state index in [2.05, 4.69) is 27.8 Å². The van der Waals surface area contributed by atoms with Crippen molar-refractivity contribution in [2.24, 2.45) is 5.92 Å². The molecule has 1 aliphatic rings. The number of rotatable bonds is 8. The molecular formula is C26H32N4O3. The van der Waals surface area contributed by atoms with Gasteiger partial charge in [-0.3, -0.25) is 14.5 Å². The predicted octanol–water partition coefficient (Wildman–Crippen LogP) is 2.88. The molecule has 2 aromatic carbocycles. The molecule has 1 aromatic heterocycles. The fourth-order valence-electron chi connectivity index (χ4n) is 4.72. The van der Waals surface area contributed by atoms with Gasteiger partial charge in [0.15, 0.2) is 0 Å². The second kappa shape index (κ2) is 10.1. The van der Waals surface area contributed by atoms with Gasteiger partial charge >= 0.3 is 0 Å². The summed E-state index contributed by atoms with van der Waals surface area (Å²) in [6.07, 6.45) is 2.02. The van der Waals surface area contributed by atoms with Crippen LogP contribution in [-0.4, -0.2) is 61.0 Å². The number of fused-ring (bicyclic) bond motifs is 1. The number of amides is 2. The zero-order valence-electron chi connectivity index (χ0n) is 19.4. The van der Waals surface area contributed by atoms with Gasteiger partial charge in [0.2, 0.25) is 11.8 Å². The molecule has 3 aromatic rings. The maximum absolute atomic E-state index is 12.9. The van der Waals surface area contributed by atoms with Gasteiger partial charge in [-0.05, 0) is 35.2 Å². The Hall–Kier alpha value is -3.32. The van der Waals surface area contributed by atoms with Crippen LogP contribution >= 0.6 is 0 Å². The van der Waals surface area contributed by atoms with Crippen molar-refractivity contribution in [1.29, 1.82) is 0 Å². The number of para-hydroxylation sites is 1. The molecule has 0 spiro atoms. The average Bonchev–Trinajstić information content (AvgIpc) is 3.23. The molecule has 174 valence electrons. The molecule has 0 bridgehead atoms. The van der Waals surface area contributed by atoms with E-state index in [1.807, 2.05) is 61.3 Å². The van der Waals surface area contributed by atoms with Crippen molar-refractivity contribution in [2.45, 2.75) is 25.8 Å². The van der Waals surface area contributed by atoms with Gasteiger partial charge in [-0.25, -0.2) is 0 Å². The second-order valence-corrected chi connectivity index (χ2v) is 8.87. The SMILES string of the molecule is COc1ccc(C(CNC(=O)CN2CCNC(=O)C2C(C)C)c2c[nH]c3ccccc23)cc1. The van der Waals surface area contributed by atoms with Gasteiger partial charge in [-0.1, -0.05) is 44.2 Å². The van der Waals surface area contributed by atoms with Gasteiger partial charge < -0.3 is 20.4 Å². The molecule has 1 saturated heterocycles. The molecule has 1 fully saturated rings. The summed E-state index contributed by atoms with van der Waals surface area (Å²) in [4.78, 5) is 30.6. The first-order valence-electron chi connectivity index (χ1n) is 11.5. The van der Waals surface area contributed by atoms with Crippen molar-refractivity contribution in [3.8, 4) is 5.75 Å². The number of carbonyl (C=O) groups excluding carboxylic acids is 2. The lowest BCUT2D eigenvalue weighted by Gasteiger charge is -2.36. The maximum atomic E-state index is 12.9. The highest BCUT2D eigenvalue weighted by atomic mass is 16.5. The summed E-state index contributed by atoms with van der Waals surface area (Å²) in [5.41, 5.74) is 3.29. The standard InChI is InChI=1S/C26H32N4O3/c1-17(2)25-26(32)27-12-13-30(25)16-24(31)29-14-21(18-8-10-19(33-3)11-9-18)22-15-28-23-7-5-4-6-20(22)23/h4-11,15,17,21,25,28H,12-14,16H2,1-3H3,(H,27,32)(H,29,31). The van der Waals surface area contributed by atoms with Crippen molar-refractivity contribution >= 4 is 22.7 Å². The Bertz CT molecular complexity index is 1110. The van der Waals surface area contributed by atoms with Crippen LogP contribution in [0.2, 0.25) is 0 Å². The van der Waals surface area contributed by atoms with Crippen LogP contribution in [-0.2, 0) is 9.59 Å². The molecule has 33 heavy (non-hydrogen) atoms.